The molecular formula is C9H16N2O. The maximum Gasteiger partial charge on any atom is 0.175 e. The molecule has 0 aromatic carbocycles. The summed E-state index contributed by atoms with van der Waals surface area (Å²) in [7, 11) is 3.85. The molecule has 3 heteroatoms. The van der Waals surface area contributed by atoms with Gasteiger partial charge in [-0.1, -0.05) is 0 Å². The molecule has 68 valence electrons. The van der Waals surface area contributed by atoms with Crippen molar-refractivity contribution < 1.29 is 4.79 Å². The molecule has 1 aliphatic heterocycles. The molecule has 0 bridgehead atoms. The molecule has 0 saturated carbocycles. The Balaban J connectivity index is 2.93. The summed E-state index contributed by atoms with van der Waals surface area (Å²) in [6.07, 6.45) is 1.89. The van der Waals surface area contributed by atoms with E-state index in [-0.39, 0.29) is 11.3 Å². The fourth-order valence-corrected chi connectivity index (χ4v) is 1.33. The molecule has 0 amide bonds. The Morgan fingerprint density at radius 2 is 2.08 bits per heavy atom. The van der Waals surface area contributed by atoms with Crippen molar-refractivity contribution >= 4 is 5.78 Å². The van der Waals surface area contributed by atoms with Gasteiger partial charge in [-0.2, -0.15) is 0 Å². The van der Waals surface area contributed by atoms with E-state index >= 15 is 0 Å². The maximum atomic E-state index is 11.4. The summed E-state index contributed by atoms with van der Waals surface area (Å²) in [6.45, 7) is 4.51. The second kappa shape index (κ2) is 2.90. The van der Waals surface area contributed by atoms with Crippen LogP contribution in [-0.4, -0.2) is 36.9 Å². The van der Waals surface area contributed by atoms with Crippen LogP contribution < -0.4 is 5.32 Å². The van der Waals surface area contributed by atoms with E-state index in [1.165, 1.54) is 0 Å². The van der Waals surface area contributed by atoms with Gasteiger partial charge in [0.05, 0.1) is 6.54 Å². The highest BCUT2D eigenvalue weighted by Crippen LogP contribution is 2.22. The first-order valence-electron chi connectivity index (χ1n) is 4.10. The number of nitrogens with zero attached hydrogens (tertiary/aromatic N) is 1. The molecule has 0 aromatic rings. The van der Waals surface area contributed by atoms with Crippen molar-refractivity contribution in [1.29, 1.82) is 0 Å². The molecule has 1 fully saturated rings. The van der Waals surface area contributed by atoms with Gasteiger partial charge in [-0.3, -0.25) is 4.79 Å². The largest absolute Gasteiger partial charge is 0.383 e. The monoisotopic (exact) mass is 168 g/mol. The summed E-state index contributed by atoms with van der Waals surface area (Å²) in [6, 6.07) is 0. The van der Waals surface area contributed by atoms with Crippen LogP contribution >= 0.6 is 0 Å². The van der Waals surface area contributed by atoms with Crippen LogP contribution in [0.2, 0.25) is 0 Å². The second-order valence-corrected chi connectivity index (χ2v) is 3.91. The molecule has 1 heterocycles. The third-order valence-electron chi connectivity index (χ3n) is 2.05. The van der Waals surface area contributed by atoms with E-state index in [2.05, 4.69) is 5.32 Å². The third kappa shape index (κ3) is 1.67. The SMILES string of the molecule is CN(C)/C=C1\C(=O)CNC1(C)C. The number of carbonyl (C=O) groups excluding carboxylic acids is 1. The Hall–Kier alpha value is -0.830. The summed E-state index contributed by atoms with van der Waals surface area (Å²) in [5.74, 6) is 0.203. The molecule has 0 unspecified atom stereocenters. The van der Waals surface area contributed by atoms with E-state index in [1.807, 2.05) is 39.0 Å². The summed E-state index contributed by atoms with van der Waals surface area (Å²) in [5, 5.41) is 3.16. The highest BCUT2D eigenvalue weighted by molar-refractivity contribution is 6.01. The van der Waals surface area contributed by atoms with Gasteiger partial charge in [0.2, 0.25) is 0 Å². The number of hydrogen-bond acceptors (Lipinski definition) is 3. The van der Waals surface area contributed by atoms with E-state index in [4.69, 9.17) is 0 Å². The molecule has 3 nitrogen and oxygen atoms in total. The van der Waals surface area contributed by atoms with Gasteiger partial charge in [-0.25, -0.2) is 0 Å². The minimum absolute atomic E-state index is 0.165. The van der Waals surface area contributed by atoms with E-state index in [1.54, 1.807) is 0 Å². The van der Waals surface area contributed by atoms with Crippen molar-refractivity contribution in [3.63, 3.8) is 0 Å². The molecule has 0 atom stereocenters. The van der Waals surface area contributed by atoms with Gasteiger partial charge < -0.3 is 10.2 Å². The number of rotatable bonds is 1. The lowest BCUT2D eigenvalue weighted by atomic mass is 9.96. The first-order valence-corrected chi connectivity index (χ1v) is 4.10. The maximum absolute atomic E-state index is 11.4. The van der Waals surface area contributed by atoms with Crippen molar-refractivity contribution in [1.82, 2.24) is 10.2 Å². The first kappa shape index (κ1) is 9.26. The Kier molecular flexibility index (Phi) is 2.24. The van der Waals surface area contributed by atoms with Gasteiger partial charge in [0, 0.05) is 31.4 Å². The van der Waals surface area contributed by atoms with Crippen LogP contribution in [0.25, 0.3) is 0 Å². The molecule has 0 aliphatic carbocycles. The zero-order valence-corrected chi connectivity index (χ0v) is 8.14. The van der Waals surface area contributed by atoms with E-state index in [0.29, 0.717) is 6.54 Å². The Bertz CT molecular complexity index is 229. The van der Waals surface area contributed by atoms with Gasteiger partial charge >= 0.3 is 0 Å². The lowest BCUT2D eigenvalue weighted by molar-refractivity contribution is -0.113. The van der Waals surface area contributed by atoms with Crippen LogP contribution in [0.4, 0.5) is 0 Å². The average Bonchev–Trinajstić information content (AvgIpc) is 2.15. The van der Waals surface area contributed by atoms with E-state index in [0.717, 1.165) is 5.57 Å². The lowest BCUT2D eigenvalue weighted by Gasteiger charge is -2.20. The van der Waals surface area contributed by atoms with Crippen LogP contribution in [0.3, 0.4) is 0 Å². The molecule has 0 radical (unpaired) electrons. The zero-order chi connectivity index (χ0) is 9.35. The molecule has 0 spiro atoms. The van der Waals surface area contributed by atoms with Crippen molar-refractivity contribution in [3.8, 4) is 0 Å². The van der Waals surface area contributed by atoms with Gasteiger partial charge in [0.1, 0.15) is 0 Å². The number of Topliss-reactive ketones (excluding diaryl/α,β-unsaturated/α-hetero) is 1. The summed E-state index contributed by atoms with van der Waals surface area (Å²) < 4.78 is 0. The molecule has 1 aliphatic rings. The normalized spacial score (nSPS) is 25.0. The number of ketones is 1. The fourth-order valence-electron chi connectivity index (χ4n) is 1.33. The fraction of sp³-hybridized carbons (Fsp3) is 0.667. The molecule has 1 N–H and O–H groups in total. The number of nitrogens with one attached hydrogen (secondary N) is 1. The lowest BCUT2D eigenvalue weighted by Crippen LogP contribution is -2.34. The minimum Gasteiger partial charge on any atom is -0.383 e. The first-order chi connectivity index (χ1) is 5.43. The molecule has 12 heavy (non-hydrogen) atoms. The van der Waals surface area contributed by atoms with Crippen LogP contribution in [0.5, 0.6) is 0 Å². The second-order valence-electron chi connectivity index (χ2n) is 3.91. The predicted molar refractivity (Wildman–Crippen MR) is 48.9 cm³/mol. The minimum atomic E-state index is -0.165. The van der Waals surface area contributed by atoms with Crippen LogP contribution in [-0.2, 0) is 4.79 Å². The predicted octanol–water partition coefficient (Wildman–Crippen LogP) is 0.383. The van der Waals surface area contributed by atoms with Gasteiger partial charge in [-0.05, 0) is 13.8 Å². The Labute approximate surface area is 73.4 Å². The quantitative estimate of drug-likeness (QED) is 0.575. The number of hydrogen-bond donors (Lipinski definition) is 1. The van der Waals surface area contributed by atoms with Crippen LogP contribution in [0, 0.1) is 0 Å². The summed E-state index contributed by atoms with van der Waals surface area (Å²) >= 11 is 0. The topological polar surface area (TPSA) is 32.3 Å². The van der Waals surface area contributed by atoms with Gasteiger partial charge in [0.15, 0.2) is 5.78 Å². The molecule has 1 rings (SSSR count). The zero-order valence-electron chi connectivity index (χ0n) is 8.14. The Morgan fingerprint density at radius 1 is 1.50 bits per heavy atom. The van der Waals surface area contributed by atoms with E-state index < -0.39 is 0 Å². The van der Waals surface area contributed by atoms with Gasteiger partial charge in [0.25, 0.3) is 0 Å². The summed E-state index contributed by atoms with van der Waals surface area (Å²) in [5.41, 5.74) is 0.703. The number of carbonyl (C=O) groups is 1. The van der Waals surface area contributed by atoms with E-state index in [9.17, 15) is 4.79 Å². The standard InChI is InChI=1S/C9H16N2O/c1-9(2)7(6-11(3)4)8(12)5-10-9/h6,10H,5H2,1-4H3/b7-6+. The average molecular weight is 168 g/mol. The Morgan fingerprint density at radius 3 is 2.42 bits per heavy atom. The van der Waals surface area contributed by atoms with Crippen LogP contribution in [0.1, 0.15) is 13.8 Å². The highest BCUT2D eigenvalue weighted by Gasteiger charge is 2.34. The smallest absolute Gasteiger partial charge is 0.175 e. The van der Waals surface area contributed by atoms with Crippen molar-refractivity contribution in [2.45, 2.75) is 19.4 Å². The van der Waals surface area contributed by atoms with Crippen molar-refractivity contribution in [3.05, 3.63) is 11.8 Å². The highest BCUT2D eigenvalue weighted by atomic mass is 16.1. The van der Waals surface area contributed by atoms with Crippen molar-refractivity contribution in [2.75, 3.05) is 20.6 Å². The van der Waals surface area contributed by atoms with Crippen LogP contribution in [0.15, 0.2) is 11.8 Å². The third-order valence-corrected chi connectivity index (χ3v) is 2.05. The van der Waals surface area contributed by atoms with Crippen molar-refractivity contribution in [2.24, 2.45) is 0 Å². The molecule has 0 aromatic heterocycles. The molecular weight excluding hydrogens is 152 g/mol. The summed E-state index contributed by atoms with van der Waals surface area (Å²) in [4.78, 5) is 13.3. The van der Waals surface area contributed by atoms with Gasteiger partial charge in [-0.15, -0.1) is 0 Å². The molecule has 1 saturated heterocycles.